The molecule has 130 valence electrons. The van der Waals surface area contributed by atoms with Crippen molar-refractivity contribution in [2.45, 2.75) is 27.3 Å². The molecule has 0 atom stereocenters. The topological polar surface area (TPSA) is 44.4 Å². The smallest absolute Gasteiger partial charge is 0.319 e. The van der Waals surface area contributed by atoms with E-state index in [4.69, 9.17) is 0 Å². The van der Waals surface area contributed by atoms with Crippen LogP contribution in [0.5, 0.6) is 0 Å². The molecule has 2 rings (SSSR count). The zero-order valence-electron chi connectivity index (χ0n) is 14.5. The van der Waals surface area contributed by atoms with Crippen molar-refractivity contribution in [3.63, 3.8) is 0 Å². The van der Waals surface area contributed by atoms with Crippen molar-refractivity contribution in [3.8, 4) is 0 Å². The van der Waals surface area contributed by atoms with Gasteiger partial charge >= 0.3 is 6.03 Å². The number of aryl methyl sites for hydroxylation is 1. The summed E-state index contributed by atoms with van der Waals surface area (Å²) in [6.07, 6.45) is 0. The second-order valence-electron chi connectivity index (χ2n) is 5.46. The minimum Gasteiger partial charge on any atom is -1.00 e. The molecule has 4 nitrogen and oxygen atoms in total. The second kappa shape index (κ2) is 9.83. The Balaban J connectivity index is 0.00000288. The van der Waals surface area contributed by atoms with E-state index in [1.54, 1.807) is 0 Å². The average Bonchev–Trinajstić information content (AvgIpc) is 2.57. The Morgan fingerprint density at radius 1 is 1.04 bits per heavy atom. The fourth-order valence-electron chi connectivity index (χ4n) is 2.52. The van der Waals surface area contributed by atoms with E-state index in [-0.39, 0.29) is 18.4 Å². The molecule has 0 radical (unpaired) electrons. The number of halogens is 1. The number of nitrogens with zero attached hydrogens (tertiary/aromatic N) is 1. The van der Waals surface area contributed by atoms with Gasteiger partial charge in [0.2, 0.25) is 0 Å². The standard InChI is InChI=1S/C19H25N3O.ClH/c1-4-22(5-2)17-11-12-18(15(3)13-17)21-19(23)20-14-16-9-7-6-8-10-16;/h6-13H,4-5,14H2,1-3H3,(H2,20,21,23);1H/p-1. The van der Waals surface area contributed by atoms with E-state index in [0.29, 0.717) is 6.54 Å². The largest absolute Gasteiger partial charge is 1.00 e. The maximum atomic E-state index is 12.0. The highest BCUT2D eigenvalue weighted by Gasteiger charge is 2.07. The fraction of sp³-hybridized carbons (Fsp3) is 0.316. The van der Waals surface area contributed by atoms with Crippen molar-refractivity contribution >= 4 is 17.4 Å². The number of benzene rings is 2. The van der Waals surface area contributed by atoms with Crippen molar-refractivity contribution < 1.29 is 17.2 Å². The van der Waals surface area contributed by atoms with Gasteiger partial charge in [-0.3, -0.25) is 0 Å². The van der Waals surface area contributed by atoms with Gasteiger partial charge in [0.05, 0.1) is 0 Å². The van der Waals surface area contributed by atoms with Crippen molar-refractivity contribution in [1.29, 1.82) is 0 Å². The van der Waals surface area contributed by atoms with E-state index in [9.17, 15) is 4.79 Å². The maximum absolute atomic E-state index is 12.0. The summed E-state index contributed by atoms with van der Waals surface area (Å²) in [5, 5.41) is 5.79. The zero-order valence-corrected chi connectivity index (χ0v) is 15.2. The van der Waals surface area contributed by atoms with Gasteiger partial charge < -0.3 is 27.9 Å². The van der Waals surface area contributed by atoms with E-state index in [0.717, 1.165) is 29.9 Å². The molecule has 0 fully saturated rings. The Kier molecular flexibility index (Phi) is 8.13. The number of amides is 2. The number of carbonyl (C=O) groups excluding carboxylic acids is 1. The summed E-state index contributed by atoms with van der Waals surface area (Å²) in [5.41, 5.74) is 4.16. The van der Waals surface area contributed by atoms with Crippen LogP contribution in [0.25, 0.3) is 0 Å². The minimum absolute atomic E-state index is 0. The molecule has 0 unspecified atom stereocenters. The molecule has 2 amide bonds. The molecule has 2 N–H and O–H groups in total. The van der Waals surface area contributed by atoms with Crippen molar-refractivity contribution in [2.24, 2.45) is 0 Å². The summed E-state index contributed by atoms with van der Waals surface area (Å²) in [6, 6.07) is 15.8. The second-order valence-corrected chi connectivity index (χ2v) is 5.46. The van der Waals surface area contributed by atoms with Gasteiger partial charge in [-0.25, -0.2) is 4.79 Å². The molecule has 5 heteroatoms. The quantitative estimate of drug-likeness (QED) is 0.824. The maximum Gasteiger partial charge on any atom is 0.319 e. The van der Waals surface area contributed by atoms with Crippen LogP contribution < -0.4 is 27.9 Å². The van der Waals surface area contributed by atoms with Gasteiger partial charge in [0.25, 0.3) is 0 Å². The first kappa shape index (κ1) is 19.8. The summed E-state index contributed by atoms with van der Waals surface area (Å²) in [4.78, 5) is 14.3. The first-order valence-corrected chi connectivity index (χ1v) is 8.08. The van der Waals surface area contributed by atoms with Gasteiger partial charge in [-0.05, 0) is 50.1 Å². The molecule has 0 aliphatic heterocycles. The van der Waals surface area contributed by atoms with Crippen LogP contribution in [0.2, 0.25) is 0 Å². The Bertz CT molecular complexity index is 642. The van der Waals surface area contributed by atoms with Crippen molar-refractivity contribution in [3.05, 3.63) is 59.7 Å². The molecule has 24 heavy (non-hydrogen) atoms. The van der Waals surface area contributed by atoms with Crippen LogP contribution in [0.4, 0.5) is 16.2 Å². The SMILES string of the molecule is CCN(CC)c1ccc(NC(=O)NCc2ccccc2)c(C)c1.[Cl-]. The fourth-order valence-corrected chi connectivity index (χ4v) is 2.52. The minimum atomic E-state index is -0.187. The Morgan fingerprint density at radius 3 is 2.29 bits per heavy atom. The van der Waals surface area contributed by atoms with Crippen LogP contribution in [0.1, 0.15) is 25.0 Å². The Labute approximate surface area is 150 Å². The summed E-state index contributed by atoms with van der Waals surface area (Å²) >= 11 is 0. The monoisotopic (exact) mass is 346 g/mol. The highest BCUT2D eigenvalue weighted by atomic mass is 35.5. The summed E-state index contributed by atoms with van der Waals surface area (Å²) < 4.78 is 0. The number of hydrogen-bond donors (Lipinski definition) is 2. The summed E-state index contributed by atoms with van der Waals surface area (Å²) in [7, 11) is 0. The number of hydrogen-bond acceptors (Lipinski definition) is 2. The van der Waals surface area contributed by atoms with E-state index < -0.39 is 0 Å². The normalized spacial score (nSPS) is 9.79. The molecule has 2 aromatic carbocycles. The van der Waals surface area contributed by atoms with Gasteiger partial charge in [0, 0.05) is 31.0 Å². The number of rotatable bonds is 6. The number of nitrogens with one attached hydrogen (secondary N) is 2. The Morgan fingerprint density at radius 2 is 1.71 bits per heavy atom. The lowest BCUT2D eigenvalue weighted by molar-refractivity contribution is -0.00000790. The van der Waals surface area contributed by atoms with Gasteiger partial charge in [-0.15, -0.1) is 0 Å². The van der Waals surface area contributed by atoms with Crippen LogP contribution in [0.3, 0.4) is 0 Å². The molecular weight excluding hydrogens is 322 g/mol. The van der Waals surface area contributed by atoms with Crippen LogP contribution >= 0.6 is 0 Å². The lowest BCUT2D eigenvalue weighted by Gasteiger charge is -2.22. The van der Waals surface area contributed by atoms with Gasteiger partial charge in [-0.2, -0.15) is 0 Å². The first-order chi connectivity index (χ1) is 11.1. The molecule has 0 spiro atoms. The average molecular weight is 347 g/mol. The molecule has 0 heterocycles. The van der Waals surface area contributed by atoms with Gasteiger partial charge in [-0.1, -0.05) is 30.3 Å². The van der Waals surface area contributed by atoms with E-state index >= 15 is 0 Å². The van der Waals surface area contributed by atoms with Crippen LogP contribution in [-0.4, -0.2) is 19.1 Å². The number of anilines is 2. The van der Waals surface area contributed by atoms with Crippen LogP contribution in [0, 0.1) is 6.92 Å². The molecule has 0 aromatic heterocycles. The highest BCUT2D eigenvalue weighted by Crippen LogP contribution is 2.22. The third-order valence-electron chi connectivity index (χ3n) is 3.88. The lowest BCUT2D eigenvalue weighted by Crippen LogP contribution is -3.00. The predicted octanol–water partition coefficient (Wildman–Crippen LogP) is 1.17. The molecule has 0 aliphatic carbocycles. The molecule has 2 aromatic rings. The van der Waals surface area contributed by atoms with E-state index in [1.807, 2.05) is 49.4 Å². The van der Waals surface area contributed by atoms with Gasteiger partial charge in [0.1, 0.15) is 0 Å². The summed E-state index contributed by atoms with van der Waals surface area (Å²) in [5.74, 6) is 0. The summed E-state index contributed by atoms with van der Waals surface area (Å²) in [6.45, 7) is 8.76. The molecular formula is C19H25ClN3O-. The Hall–Kier alpha value is -2.20. The zero-order chi connectivity index (χ0) is 16.7. The molecule has 0 saturated carbocycles. The lowest BCUT2D eigenvalue weighted by atomic mass is 10.1. The molecule has 0 aliphatic rings. The van der Waals surface area contributed by atoms with Crippen LogP contribution in [0.15, 0.2) is 48.5 Å². The van der Waals surface area contributed by atoms with Crippen LogP contribution in [-0.2, 0) is 6.54 Å². The van der Waals surface area contributed by atoms with Gasteiger partial charge in [0.15, 0.2) is 0 Å². The number of urea groups is 1. The number of carbonyl (C=O) groups is 1. The van der Waals surface area contributed by atoms with E-state index in [2.05, 4.69) is 35.4 Å². The third kappa shape index (κ3) is 5.46. The highest BCUT2D eigenvalue weighted by molar-refractivity contribution is 5.90. The predicted molar refractivity (Wildman–Crippen MR) is 97.0 cm³/mol. The van der Waals surface area contributed by atoms with Crippen molar-refractivity contribution in [1.82, 2.24) is 5.32 Å². The molecule has 0 saturated heterocycles. The first-order valence-electron chi connectivity index (χ1n) is 8.08. The third-order valence-corrected chi connectivity index (χ3v) is 3.88. The molecule has 0 bridgehead atoms. The van der Waals surface area contributed by atoms with E-state index in [1.165, 1.54) is 5.69 Å². The van der Waals surface area contributed by atoms with Crippen molar-refractivity contribution in [2.75, 3.05) is 23.3 Å².